The van der Waals surface area contributed by atoms with Gasteiger partial charge in [0.05, 0.1) is 11.6 Å². The molecule has 3 heterocycles. The number of piperidine rings is 1. The number of aryl methyl sites for hydroxylation is 3. The lowest BCUT2D eigenvalue weighted by atomic mass is 9.94. The van der Waals surface area contributed by atoms with Crippen LogP contribution in [-0.4, -0.2) is 55.5 Å². The quantitative estimate of drug-likeness (QED) is 0.403. The Balaban J connectivity index is 1.29. The summed E-state index contributed by atoms with van der Waals surface area (Å²) in [6, 6.07) is 16.3. The van der Waals surface area contributed by atoms with Gasteiger partial charge in [-0.25, -0.2) is 0 Å². The minimum Gasteiger partial charge on any atom is -0.481 e. The van der Waals surface area contributed by atoms with Gasteiger partial charge in [0.25, 0.3) is 5.89 Å². The molecule has 0 atom stereocenters. The van der Waals surface area contributed by atoms with Crippen LogP contribution in [0.1, 0.15) is 29.5 Å². The highest BCUT2D eigenvalue weighted by molar-refractivity contribution is 5.70. The van der Waals surface area contributed by atoms with Gasteiger partial charge in [-0.3, -0.25) is 9.48 Å². The molecule has 186 valence electrons. The van der Waals surface area contributed by atoms with Crippen molar-refractivity contribution in [3.05, 3.63) is 65.2 Å². The number of carboxylic acids is 1. The standard InChI is InChI=1S/C28H31N5O3/c1-18-15-22(16-19(2)23(18)11-14-33-12-9-21(10-13-33)28(34)35)26-29-27(36-31-26)24-17-25(32(3)30-24)20-7-5-4-6-8-20/h4-8,15-17,21H,9-14H2,1-3H3,(H,34,35). The molecule has 0 aliphatic carbocycles. The van der Waals surface area contributed by atoms with Crippen molar-refractivity contribution in [2.75, 3.05) is 19.6 Å². The number of benzene rings is 2. The highest BCUT2D eigenvalue weighted by atomic mass is 16.5. The summed E-state index contributed by atoms with van der Waals surface area (Å²) in [7, 11) is 1.91. The molecule has 0 amide bonds. The smallest absolute Gasteiger partial charge is 0.306 e. The molecule has 4 aromatic rings. The molecule has 2 aromatic carbocycles. The summed E-state index contributed by atoms with van der Waals surface area (Å²) in [5, 5.41) is 18.0. The van der Waals surface area contributed by atoms with Gasteiger partial charge in [-0.05, 0) is 86.7 Å². The van der Waals surface area contributed by atoms with Crippen molar-refractivity contribution in [2.24, 2.45) is 13.0 Å². The number of rotatable bonds is 7. The van der Waals surface area contributed by atoms with Gasteiger partial charge in [0.2, 0.25) is 5.82 Å². The van der Waals surface area contributed by atoms with E-state index in [1.165, 1.54) is 16.7 Å². The predicted molar refractivity (Wildman–Crippen MR) is 137 cm³/mol. The van der Waals surface area contributed by atoms with Crippen molar-refractivity contribution in [1.29, 1.82) is 0 Å². The van der Waals surface area contributed by atoms with E-state index in [9.17, 15) is 9.90 Å². The van der Waals surface area contributed by atoms with Crippen LogP contribution in [0.5, 0.6) is 0 Å². The number of aliphatic carboxylic acids is 1. The van der Waals surface area contributed by atoms with Gasteiger partial charge < -0.3 is 14.5 Å². The maximum absolute atomic E-state index is 11.2. The van der Waals surface area contributed by atoms with Crippen LogP contribution in [-0.2, 0) is 18.3 Å². The first-order valence-electron chi connectivity index (χ1n) is 12.4. The third-order valence-corrected chi connectivity index (χ3v) is 7.16. The van der Waals surface area contributed by atoms with Crippen molar-refractivity contribution >= 4 is 5.97 Å². The van der Waals surface area contributed by atoms with Gasteiger partial charge in [-0.2, -0.15) is 10.1 Å². The summed E-state index contributed by atoms with van der Waals surface area (Å²) in [5.74, 6) is 0.0819. The summed E-state index contributed by atoms with van der Waals surface area (Å²) in [6.07, 6.45) is 2.40. The van der Waals surface area contributed by atoms with Gasteiger partial charge in [0.15, 0.2) is 5.69 Å². The Bertz CT molecular complexity index is 1340. The number of nitrogens with zero attached hydrogens (tertiary/aromatic N) is 5. The lowest BCUT2D eigenvalue weighted by molar-refractivity contribution is -0.143. The Hall–Kier alpha value is -3.78. The van der Waals surface area contributed by atoms with Gasteiger partial charge in [0.1, 0.15) is 0 Å². The first-order valence-corrected chi connectivity index (χ1v) is 12.4. The second-order valence-corrected chi connectivity index (χ2v) is 9.62. The zero-order valence-corrected chi connectivity index (χ0v) is 20.9. The third-order valence-electron chi connectivity index (χ3n) is 7.16. The Morgan fingerprint density at radius 3 is 2.42 bits per heavy atom. The van der Waals surface area contributed by atoms with Crippen LogP contribution in [0, 0.1) is 19.8 Å². The van der Waals surface area contributed by atoms with E-state index in [0.717, 1.165) is 55.7 Å². The maximum atomic E-state index is 11.2. The first kappa shape index (κ1) is 23.9. The lowest BCUT2D eigenvalue weighted by Gasteiger charge is -2.30. The Morgan fingerprint density at radius 1 is 1.06 bits per heavy atom. The van der Waals surface area contributed by atoms with Gasteiger partial charge in [-0.1, -0.05) is 35.5 Å². The fraction of sp³-hybridized carbons (Fsp3) is 0.357. The molecule has 8 heteroatoms. The molecule has 1 N–H and O–H groups in total. The Kier molecular flexibility index (Phi) is 6.69. The second kappa shape index (κ2) is 10.1. The SMILES string of the molecule is Cc1cc(-c2noc(-c3cc(-c4ccccc4)n(C)n3)n2)cc(C)c1CCN1CCC(C(=O)O)CC1. The lowest BCUT2D eigenvalue weighted by Crippen LogP contribution is -2.37. The average Bonchev–Trinajstić information content (AvgIpc) is 3.51. The van der Waals surface area contributed by atoms with Crippen LogP contribution in [0.3, 0.4) is 0 Å². The number of aromatic nitrogens is 4. The molecule has 0 saturated carbocycles. The molecule has 5 rings (SSSR count). The molecular weight excluding hydrogens is 454 g/mol. The van der Waals surface area contributed by atoms with Crippen LogP contribution in [0.15, 0.2) is 53.1 Å². The maximum Gasteiger partial charge on any atom is 0.306 e. The predicted octanol–water partition coefficient (Wildman–Crippen LogP) is 4.76. The zero-order chi connectivity index (χ0) is 25.2. The Labute approximate surface area is 210 Å². The normalized spacial score (nSPS) is 14.9. The van der Waals surface area contributed by atoms with Crippen molar-refractivity contribution in [1.82, 2.24) is 24.8 Å². The minimum atomic E-state index is -0.666. The molecule has 1 fully saturated rings. The molecule has 0 radical (unpaired) electrons. The molecule has 1 saturated heterocycles. The zero-order valence-electron chi connectivity index (χ0n) is 20.9. The summed E-state index contributed by atoms with van der Waals surface area (Å²) >= 11 is 0. The molecule has 1 aliphatic rings. The minimum absolute atomic E-state index is 0.195. The van der Waals surface area contributed by atoms with Crippen LogP contribution in [0.25, 0.3) is 34.2 Å². The number of carboxylic acid groups (broad SMARTS) is 1. The Morgan fingerprint density at radius 2 is 1.75 bits per heavy atom. The van der Waals surface area contributed by atoms with Crippen molar-refractivity contribution in [3.63, 3.8) is 0 Å². The van der Waals surface area contributed by atoms with Crippen LogP contribution in [0.4, 0.5) is 0 Å². The summed E-state index contributed by atoms with van der Waals surface area (Å²) in [6.45, 7) is 6.86. The molecule has 0 spiro atoms. The second-order valence-electron chi connectivity index (χ2n) is 9.62. The molecule has 1 aliphatic heterocycles. The van der Waals surface area contributed by atoms with Gasteiger partial charge in [0, 0.05) is 19.2 Å². The number of carbonyl (C=O) groups is 1. The van der Waals surface area contributed by atoms with E-state index in [4.69, 9.17) is 4.52 Å². The van der Waals surface area contributed by atoms with Crippen LogP contribution in [0.2, 0.25) is 0 Å². The van der Waals surface area contributed by atoms with Crippen LogP contribution < -0.4 is 0 Å². The van der Waals surface area contributed by atoms with E-state index in [0.29, 0.717) is 17.4 Å². The topological polar surface area (TPSA) is 97.3 Å². The fourth-order valence-corrected chi connectivity index (χ4v) is 5.09. The van der Waals surface area contributed by atoms with E-state index in [-0.39, 0.29) is 5.92 Å². The largest absolute Gasteiger partial charge is 0.481 e. The van der Waals surface area contributed by atoms with Crippen LogP contribution >= 0.6 is 0 Å². The van der Waals surface area contributed by atoms with E-state index < -0.39 is 5.97 Å². The van der Waals surface area contributed by atoms with E-state index in [2.05, 4.69) is 46.1 Å². The summed E-state index contributed by atoms with van der Waals surface area (Å²) < 4.78 is 7.41. The average molecular weight is 486 g/mol. The van der Waals surface area contributed by atoms with Crippen molar-refractivity contribution in [3.8, 4) is 34.2 Å². The van der Waals surface area contributed by atoms with E-state index in [1.54, 1.807) is 0 Å². The highest BCUT2D eigenvalue weighted by Gasteiger charge is 2.24. The molecule has 2 aromatic heterocycles. The monoisotopic (exact) mass is 485 g/mol. The number of hydrogen-bond donors (Lipinski definition) is 1. The number of hydrogen-bond acceptors (Lipinski definition) is 6. The molecule has 8 nitrogen and oxygen atoms in total. The summed E-state index contributed by atoms with van der Waals surface area (Å²) in [5.41, 5.74) is 7.33. The molecular formula is C28H31N5O3. The van der Waals surface area contributed by atoms with Gasteiger partial charge in [-0.15, -0.1) is 0 Å². The molecule has 0 bridgehead atoms. The van der Waals surface area contributed by atoms with Crippen molar-refractivity contribution in [2.45, 2.75) is 33.1 Å². The van der Waals surface area contributed by atoms with Crippen molar-refractivity contribution < 1.29 is 14.4 Å². The first-order chi connectivity index (χ1) is 17.4. The van der Waals surface area contributed by atoms with Gasteiger partial charge >= 0.3 is 5.97 Å². The van der Waals surface area contributed by atoms with E-state index in [1.807, 2.05) is 48.1 Å². The summed E-state index contributed by atoms with van der Waals surface area (Å²) in [4.78, 5) is 18.2. The molecule has 36 heavy (non-hydrogen) atoms. The van der Waals surface area contributed by atoms with E-state index >= 15 is 0 Å². The number of likely N-dealkylation sites (tertiary alicyclic amines) is 1. The third kappa shape index (κ3) is 4.95. The fourth-order valence-electron chi connectivity index (χ4n) is 5.09. The molecule has 0 unspecified atom stereocenters. The highest BCUT2D eigenvalue weighted by Crippen LogP contribution is 2.28.